The molecule has 1 aromatic carbocycles. The first-order chi connectivity index (χ1) is 17.9. The number of nitrogens with zero attached hydrogens (tertiary/aromatic N) is 3. The second-order valence-corrected chi connectivity index (χ2v) is 11.4. The lowest BCUT2D eigenvalue weighted by molar-refractivity contribution is 0.0440. The number of aromatic amines is 1. The molecule has 4 aliphatic rings. The highest BCUT2D eigenvalue weighted by atomic mass is 16.2. The molecule has 3 saturated carbocycles. The van der Waals surface area contributed by atoms with Crippen LogP contribution >= 0.6 is 0 Å². The van der Waals surface area contributed by atoms with E-state index in [9.17, 15) is 9.59 Å². The molecule has 3 heterocycles. The topological polar surface area (TPSA) is 103 Å². The molecule has 2 amide bonds. The lowest BCUT2D eigenvalue weighted by atomic mass is 9.61. The molecular formula is C29H36N6O2. The van der Waals surface area contributed by atoms with Gasteiger partial charge in [-0.15, -0.1) is 0 Å². The van der Waals surface area contributed by atoms with Gasteiger partial charge in [0.25, 0.3) is 11.8 Å². The third kappa shape index (κ3) is 4.75. The Balaban J connectivity index is 1.05. The minimum Gasteiger partial charge on any atom is -0.347 e. The molecular weight excluding hydrogens is 464 g/mol. The third-order valence-electron chi connectivity index (χ3n) is 8.99. The molecule has 2 aromatic heterocycles. The first kappa shape index (κ1) is 24.1. The molecule has 3 aliphatic carbocycles. The van der Waals surface area contributed by atoms with Crippen molar-refractivity contribution < 1.29 is 9.59 Å². The second kappa shape index (κ2) is 9.56. The minimum absolute atomic E-state index is 0.0451. The number of fused-ring (bicyclic) bond motifs is 4. The van der Waals surface area contributed by atoms with Crippen LogP contribution in [0.4, 0.5) is 0 Å². The number of pyridine rings is 1. The zero-order valence-electron chi connectivity index (χ0n) is 21.6. The van der Waals surface area contributed by atoms with Crippen molar-refractivity contribution in [3.63, 3.8) is 0 Å². The lowest BCUT2D eigenvalue weighted by Crippen LogP contribution is -2.63. The molecule has 7 rings (SSSR count). The summed E-state index contributed by atoms with van der Waals surface area (Å²) < 4.78 is 0. The van der Waals surface area contributed by atoms with Crippen LogP contribution in [0.15, 0.2) is 36.5 Å². The predicted molar refractivity (Wildman–Crippen MR) is 143 cm³/mol. The van der Waals surface area contributed by atoms with Crippen molar-refractivity contribution >= 4 is 22.7 Å². The molecule has 0 spiro atoms. The maximum Gasteiger partial charge on any atom is 0.270 e. The van der Waals surface area contributed by atoms with Crippen molar-refractivity contribution in [2.24, 2.45) is 0 Å². The number of hydrogen-bond acceptors (Lipinski definition) is 5. The van der Waals surface area contributed by atoms with E-state index in [0.29, 0.717) is 11.3 Å². The van der Waals surface area contributed by atoms with Crippen LogP contribution in [0.25, 0.3) is 10.9 Å². The van der Waals surface area contributed by atoms with Crippen LogP contribution in [0.2, 0.25) is 0 Å². The lowest BCUT2D eigenvalue weighted by Gasteiger charge is -2.53. The van der Waals surface area contributed by atoms with Gasteiger partial charge >= 0.3 is 0 Å². The van der Waals surface area contributed by atoms with Gasteiger partial charge in [-0.05, 0) is 89.1 Å². The van der Waals surface area contributed by atoms with Crippen molar-refractivity contribution in [1.82, 2.24) is 30.7 Å². The van der Waals surface area contributed by atoms with Gasteiger partial charge in [0, 0.05) is 41.3 Å². The van der Waals surface area contributed by atoms with Crippen molar-refractivity contribution in [3.8, 4) is 0 Å². The molecule has 8 nitrogen and oxygen atoms in total. The van der Waals surface area contributed by atoms with Gasteiger partial charge < -0.3 is 15.5 Å². The quantitative estimate of drug-likeness (QED) is 0.456. The highest BCUT2D eigenvalue weighted by Crippen LogP contribution is 2.47. The number of aryl methyl sites for hydroxylation is 1. The smallest absolute Gasteiger partial charge is 0.270 e. The molecule has 194 valence electrons. The Bertz CT molecular complexity index is 1280. The van der Waals surface area contributed by atoms with Gasteiger partial charge in [0.2, 0.25) is 0 Å². The average Bonchev–Trinajstić information content (AvgIpc) is 3.60. The fraction of sp³-hybridized carbons (Fsp3) is 0.517. The summed E-state index contributed by atoms with van der Waals surface area (Å²) in [5.41, 5.74) is 3.66. The van der Waals surface area contributed by atoms with E-state index in [0.717, 1.165) is 73.7 Å². The van der Waals surface area contributed by atoms with E-state index in [1.54, 1.807) is 6.20 Å². The molecule has 0 radical (unpaired) electrons. The van der Waals surface area contributed by atoms with Gasteiger partial charge in [-0.2, -0.15) is 5.10 Å². The monoisotopic (exact) mass is 500 g/mol. The van der Waals surface area contributed by atoms with Crippen LogP contribution in [-0.2, 0) is 6.42 Å². The fourth-order valence-electron chi connectivity index (χ4n) is 6.52. The van der Waals surface area contributed by atoms with Gasteiger partial charge in [0.15, 0.2) is 0 Å². The molecule has 0 unspecified atom stereocenters. The number of H-pyrrole nitrogens is 1. The number of nitrogens with one attached hydrogen (secondary N) is 3. The van der Waals surface area contributed by atoms with E-state index in [4.69, 9.17) is 0 Å². The zero-order valence-corrected chi connectivity index (χ0v) is 21.6. The number of hydrogen-bond donors (Lipinski definition) is 3. The predicted octanol–water partition coefficient (Wildman–Crippen LogP) is 3.91. The molecule has 1 saturated heterocycles. The van der Waals surface area contributed by atoms with E-state index in [1.807, 2.05) is 37.3 Å². The van der Waals surface area contributed by atoms with Gasteiger partial charge in [-0.3, -0.25) is 19.7 Å². The average molecular weight is 501 g/mol. The Kier molecular flexibility index (Phi) is 6.23. The molecule has 2 bridgehead atoms. The summed E-state index contributed by atoms with van der Waals surface area (Å²) in [6.07, 6.45) is 10.4. The van der Waals surface area contributed by atoms with E-state index < -0.39 is 0 Å². The van der Waals surface area contributed by atoms with E-state index >= 15 is 0 Å². The van der Waals surface area contributed by atoms with Crippen molar-refractivity contribution in [2.75, 3.05) is 19.6 Å². The van der Waals surface area contributed by atoms with Crippen LogP contribution in [0.3, 0.4) is 0 Å². The summed E-state index contributed by atoms with van der Waals surface area (Å²) in [7, 11) is 0. The van der Waals surface area contributed by atoms with Crippen molar-refractivity contribution in [2.45, 2.75) is 75.8 Å². The number of amides is 2. The molecule has 3 N–H and O–H groups in total. The largest absolute Gasteiger partial charge is 0.347 e. The van der Waals surface area contributed by atoms with Crippen molar-refractivity contribution in [3.05, 3.63) is 59.0 Å². The number of likely N-dealkylation sites (tertiary alicyclic amines) is 1. The summed E-state index contributed by atoms with van der Waals surface area (Å²) in [4.78, 5) is 33.4. The van der Waals surface area contributed by atoms with Crippen molar-refractivity contribution in [1.29, 1.82) is 0 Å². The van der Waals surface area contributed by atoms with Crippen LogP contribution in [0.5, 0.6) is 0 Å². The second-order valence-electron chi connectivity index (χ2n) is 11.4. The highest BCUT2D eigenvalue weighted by molar-refractivity contribution is 6.05. The maximum atomic E-state index is 13.2. The Morgan fingerprint density at radius 1 is 0.946 bits per heavy atom. The Hall–Kier alpha value is -3.26. The van der Waals surface area contributed by atoms with Crippen LogP contribution in [0.1, 0.15) is 83.5 Å². The van der Waals surface area contributed by atoms with Crippen LogP contribution in [0, 0.1) is 6.92 Å². The maximum absolute atomic E-state index is 13.2. The van der Waals surface area contributed by atoms with Crippen LogP contribution < -0.4 is 10.6 Å². The molecule has 37 heavy (non-hydrogen) atoms. The minimum atomic E-state index is -0.219. The van der Waals surface area contributed by atoms with Gasteiger partial charge in [0.1, 0.15) is 5.69 Å². The molecule has 0 atom stereocenters. The van der Waals surface area contributed by atoms with Crippen LogP contribution in [-0.4, -0.2) is 62.6 Å². The number of benzene rings is 1. The summed E-state index contributed by atoms with van der Waals surface area (Å²) in [6.45, 7) is 5.41. The Labute approximate surface area is 217 Å². The van der Waals surface area contributed by atoms with E-state index in [-0.39, 0.29) is 22.9 Å². The first-order valence-corrected chi connectivity index (χ1v) is 13.7. The normalized spacial score (nSPS) is 25.4. The SMILES string of the molecule is Cc1cccc2c(C(=O)NC34CCC(NC(=O)c5ccc(CCN6CCCC6)nc5)(CC3)CC4)[nH]nc12. The summed E-state index contributed by atoms with van der Waals surface area (Å²) in [6, 6.07) is 9.80. The number of para-hydroxylation sites is 1. The van der Waals surface area contributed by atoms with Gasteiger partial charge in [0.05, 0.1) is 11.1 Å². The number of carbonyl (C=O) groups excluding carboxylic acids is 2. The summed E-state index contributed by atoms with van der Waals surface area (Å²) >= 11 is 0. The first-order valence-electron chi connectivity index (χ1n) is 13.7. The zero-order chi connectivity index (χ0) is 25.5. The summed E-state index contributed by atoms with van der Waals surface area (Å²) in [5.74, 6) is -0.140. The third-order valence-corrected chi connectivity index (χ3v) is 8.99. The highest BCUT2D eigenvalue weighted by Gasteiger charge is 2.50. The number of rotatable bonds is 7. The standard InChI is InChI=1S/C29H36N6O2/c1-20-5-4-6-23-24(20)33-34-25(23)27(37)32-29-13-10-28(11-14-29,12-15-29)31-26(36)21-7-8-22(30-19-21)9-18-35-16-2-3-17-35/h4-8,19H,2-3,9-18H2,1H3,(H,31,36)(H,32,37)(H,33,34). The Morgan fingerprint density at radius 3 is 2.27 bits per heavy atom. The fourth-order valence-corrected chi connectivity index (χ4v) is 6.52. The molecule has 4 fully saturated rings. The molecule has 8 heteroatoms. The van der Waals surface area contributed by atoms with E-state index in [1.165, 1.54) is 25.9 Å². The number of carbonyl (C=O) groups is 2. The number of aromatic nitrogens is 3. The molecule has 1 aliphatic heterocycles. The van der Waals surface area contributed by atoms with Gasteiger partial charge in [-0.1, -0.05) is 18.2 Å². The van der Waals surface area contributed by atoms with Gasteiger partial charge in [-0.25, -0.2) is 0 Å². The van der Waals surface area contributed by atoms with E-state index in [2.05, 4.69) is 30.7 Å². The Morgan fingerprint density at radius 2 is 1.62 bits per heavy atom. The molecule has 3 aromatic rings. The summed E-state index contributed by atoms with van der Waals surface area (Å²) in [5, 5.41) is 14.8.